The van der Waals surface area contributed by atoms with Gasteiger partial charge in [0.25, 0.3) is 5.91 Å². The van der Waals surface area contributed by atoms with Gasteiger partial charge < -0.3 is 4.90 Å². The number of aromatic nitrogens is 2. The summed E-state index contributed by atoms with van der Waals surface area (Å²) in [6, 6.07) is 6.08. The Morgan fingerprint density at radius 3 is 2.86 bits per heavy atom. The van der Waals surface area contributed by atoms with Gasteiger partial charge in [-0.2, -0.15) is 10.2 Å². The highest BCUT2D eigenvalue weighted by Crippen LogP contribution is 2.24. The van der Waals surface area contributed by atoms with Gasteiger partial charge in [0.05, 0.1) is 23.2 Å². The zero-order valence-corrected chi connectivity index (χ0v) is 17.8. The second-order valence-electron chi connectivity index (χ2n) is 7.41. The number of hydrogen-bond donors (Lipinski definition) is 1. The molecule has 1 aliphatic rings. The lowest BCUT2D eigenvalue weighted by Crippen LogP contribution is -2.39. The summed E-state index contributed by atoms with van der Waals surface area (Å²) >= 11 is 6.54. The second-order valence-corrected chi connectivity index (χ2v) is 7.77. The van der Waals surface area contributed by atoms with Crippen molar-refractivity contribution in [3.63, 3.8) is 0 Å². The fraction of sp³-hybridized carbons (Fsp3) is 0.429. The number of nitrogens with zero attached hydrogens (tertiary/aromatic N) is 4. The van der Waals surface area contributed by atoms with Crippen LogP contribution in [0.25, 0.3) is 5.69 Å². The van der Waals surface area contributed by atoms with Crippen LogP contribution >= 0.6 is 11.6 Å². The van der Waals surface area contributed by atoms with E-state index in [-0.39, 0.29) is 18.4 Å². The van der Waals surface area contributed by atoms with E-state index in [9.17, 15) is 9.59 Å². The van der Waals surface area contributed by atoms with E-state index in [0.717, 1.165) is 36.1 Å². The van der Waals surface area contributed by atoms with Crippen molar-refractivity contribution in [2.24, 2.45) is 5.10 Å². The summed E-state index contributed by atoms with van der Waals surface area (Å²) in [5.74, 6) is -0.303. The highest BCUT2D eigenvalue weighted by molar-refractivity contribution is 6.32. The Hall–Kier alpha value is -2.67. The van der Waals surface area contributed by atoms with Gasteiger partial charge in [-0.25, -0.2) is 10.1 Å². The van der Waals surface area contributed by atoms with Crippen molar-refractivity contribution in [1.29, 1.82) is 0 Å². The Morgan fingerprint density at radius 1 is 1.28 bits per heavy atom. The monoisotopic (exact) mass is 415 g/mol. The van der Waals surface area contributed by atoms with Gasteiger partial charge in [-0.05, 0) is 50.8 Å². The van der Waals surface area contributed by atoms with Crippen LogP contribution in [-0.4, -0.2) is 45.8 Å². The van der Waals surface area contributed by atoms with Crippen molar-refractivity contribution >= 4 is 29.6 Å². The molecule has 3 rings (SSSR count). The van der Waals surface area contributed by atoms with Crippen LogP contribution in [0, 0.1) is 20.8 Å². The van der Waals surface area contributed by atoms with Gasteiger partial charge in [0.15, 0.2) is 0 Å². The molecule has 1 fully saturated rings. The Labute approximate surface area is 175 Å². The molecular weight excluding hydrogens is 390 g/mol. The lowest BCUT2D eigenvalue weighted by atomic mass is 10.1. The molecule has 0 saturated carbocycles. The fourth-order valence-corrected chi connectivity index (χ4v) is 3.66. The summed E-state index contributed by atoms with van der Waals surface area (Å²) in [6.07, 6.45) is 4.83. The number of hydrazone groups is 1. The summed E-state index contributed by atoms with van der Waals surface area (Å²) in [5, 5.41) is 8.97. The van der Waals surface area contributed by atoms with Crippen molar-refractivity contribution in [2.45, 2.75) is 46.5 Å². The fourth-order valence-electron chi connectivity index (χ4n) is 3.35. The van der Waals surface area contributed by atoms with E-state index in [4.69, 9.17) is 11.6 Å². The van der Waals surface area contributed by atoms with Gasteiger partial charge in [0.1, 0.15) is 11.7 Å². The average molecular weight is 416 g/mol. The van der Waals surface area contributed by atoms with E-state index < -0.39 is 0 Å². The molecule has 1 aromatic carbocycles. The van der Waals surface area contributed by atoms with Crippen molar-refractivity contribution in [3.05, 3.63) is 45.7 Å². The van der Waals surface area contributed by atoms with E-state index in [2.05, 4.69) is 15.6 Å². The Kier molecular flexibility index (Phi) is 6.69. The van der Waals surface area contributed by atoms with Crippen molar-refractivity contribution in [2.75, 3.05) is 13.1 Å². The van der Waals surface area contributed by atoms with Crippen LogP contribution in [0.1, 0.15) is 48.1 Å². The van der Waals surface area contributed by atoms with Gasteiger partial charge in [-0.1, -0.05) is 30.2 Å². The molecule has 0 unspecified atom stereocenters. The summed E-state index contributed by atoms with van der Waals surface area (Å²) in [5.41, 5.74) is 6.90. The average Bonchev–Trinajstić information content (AvgIpc) is 2.82. The van der Waals surface area contributed by atoms with Crippen molar-refractivity contribution < 1.29 is 9.59 Å². The van der Waals surface area contributed by atoms with Crippen LogP contribution in [-0.2, 0) is 9.59 Å². The third kappa shape index (κ3) is 5.03. The number of carbonyl (C=O) groups is 2. The molecule has 1 saturated heterocycles. The first kappa shape index (κ1) is 21.0. The van der Waals surface area contributed by atoms with Crippen LogP contribution in [0.5, 0.6) is 0 Å². The number of halogens is 1. The van der Waals surface area contributed by atoms with Gasteiger partial charge in [0.2, 0.25) is 5.91 Å². The van der Waals surface area contributed by atoms with Gasteiger partial charge in [-0.15, -0.1) is 0 Å². The number of nitrogens with one attached hydrogen (secondary N) is 1. The maximum absolute atomic E-state index is 12.2. The molecule has 2 aromatic rings. The first-order chi connectivity index (χ1) is 13.9. The zero-order chi connectivity index (χ0) is 21.0. The largest absolute Gasteiger partial charge is 0.333 e. The minimum absolute atomic E-state index is 0.0185. The molecule has 0 spiro atoms. The molecular formula is C21H26ClN5O2. The lowest BCUT2D eigenvalue weighted by Gasteiger charge is -2.18. The first-order valence-corrected chi connectivity index (χ1v) is 10.2. The summed E-state index contributed by atoms with van der Waals surface area (Å²) in [7, 11) is 0. The van der Waals surface area contributed by atoms with Gasteiger partial charge in [0, 0.05) is 13.0 Å². The summed E-state index contributed by atoms with van der Waals surface area (Å²) < 4.78 is 1.68. The summed E-state index contributed by atoms with van der Waals surface area (Å²) in [6.45, 7) is 6.49. The first-order valence-electron chi connectivity index (χ1n) is 9.79. The Bertz CT molecular complexity index is 951. The number of aryl methyl sites for hydroxylation is 3. The van der Waals surface area contributed by atoms with Crippen molar-refractivity contribution in [1.82, 2.24) is 20.1 Å². The molecule has 0 aliphatic carbocycles. The molecule has 29 heavy (non-hydrogen) atoms. The predicted molar refractivity (Wildman–Crippen MR) is 114 cm³/mol. The SMILES string of the molecule is Cc1ccc(C)c(-n2nc(C)c(/C=N\NC(=O)CN3CCCCCC3=O)c2Cl)c1. The van der Waals surface area contributed by atoms with Crippen LogP contribution in [0.4, 0.5) is 0 Å². The van der Waals surface area contributed by atoms with E-state index in [1.54, 1.807) is 9.58 Å². The maximum Gasteiger partial charge on any atom is 0.259 e. The number of carbonyl (C=O) groups excluding carboxylic acids is 2. The molecule has 2 amide bonds. The Morgan fingerprint density at radius 2 is 2.07 bits per heavy atom. The molecule has 8 heteroatoms. The number of amides is 2. The second kappa shape index (κ2) is 9.22. The van der Waals surface area contributed by atoms with Gasteiger partial charge >= 0.3 is 0 Å². The third-order valence-corrected chi connectivity index (χ3v) is 5.39. The van der Waals surface area contributed by atoms with Crippen molar-refractivity contribution in [3.8, 4) is 5.69 Å². The topological polar surface area (TPSA) is 79.6 Å². The maximum atomic E-state index is 12.2. The molecule has 0 bridgehead atoms. The third-order valence-electron chi connectivity index (χ3n) is 5.03. The van der Waals surface area contributed by atoms with E-state index in [1.807, 2.05) is 39.0 Å². The van der Waals surface area contributed by atoms with Crippen LogP contribution in [0.3, 0.4) is 0 Å². The minimum Gasteiger partial charge on any atom is -0.333 e. The molecule has 7 nitrogen and oxygen atoms in total. The standard InChI is InChI=1S/C21H26ClN5O2/c1-14-8-9-15(2)18(11-14)27-21(22)17(16(3)25-27)12-23-24-19(28)13-26-10-6-4-5-7-20(26)29/h8-9,11-12H,4-7,10,13H2,1-3H3,(H,24,28)/b23-12-. The number of hydrogen-bond acceptors (Lipinski definition) is 4. The number of rotatable bonds is 5. The van der Waals surface area contributed by atoms with E-state index >= 15 is 0 Å². The smallest absolute Gasteiger partial charge is 0.259 e. The van der Waals surface area contributed by atoms with E-state index in [1.165, 1.54) is 6.21 Å². The number of likely N-dealkylation sites (tertiary alicyclic amines) is 1. The van der Waals surface area contributed by atoms with Gasteiger partial charge in [-0.3, -0.25) is 9.59 Å². The number of benzene rings is 1. The molecule has 1 aromatic heterocycles. The zero-order valence-electron chi connectivity index (χ0n) is 17.0. The molecule has 1 aliphatic heterocycles. The quantitative estimate of drug-likeness (QED) is 0.601. The van der Waals surface area contributed by atoms with E-state index in [0.29, 0.717) is 29.4 Å². The highest BCUT2D eigenvalue weighted by Gasteiger charge is 2.19. The normalized spacial score (nSPS) is 15.0. The molecule has 2 heterocycles. The lowest BCUT2D eigenvalue weighted by molar-refractivity contribution is -0.135. The van der Waals surface area contributed by atoms with Crippen LogP contribution < -0.4 is 5.43 Å². The molecule has 154 valence electrons. The van der Waals surface area contributed by atoms with Crippen LogP contribution in [0.15, 0.2) is 23.3 Å². The van der Waals surface area contributed by atoms with Crippen LogP contribution in [0.2, 0.25) is 5.15 Å². The molecule has 1 N–H and O–H groups in total. The Balaban J connectivity index is 1.69. The molecule has 0 atom stereocenters. The minimum atomic E-state index is -0.327. The highest BCUT2D eigenvalue weighted by atomic mass is 35.5. The predicted octanol–water partition coefficient (Wildman–Crippen LogP) is 3.30. The summed E-state index contributed by atoms with van der Waals surface area (Å²) in [4.78, 5) is 25.8. The molecule has 0 radical (unpaired) electrons.